The maximum Gasteiger partial charge on any atom is 0.236 e. The predicted octanol–water partition coefficient (Wildman–Crippen LogP) is 1.39. The Morgan fingerprint density at radius 1 is 1.56 bits per heavy atom. The first-order valence-electron chi connectivity index (χ1n) is 6.19. The summed E-state index contributed by atoms with van der Waals surface area (Å²) in [5, 5.41) is 3.23. The average molecular weight is 222 g/mol. The molecule has 90 valence electrons. The lowest BCUT2D eigenvalue weighted by Gasteiger charge is -2.22. The summed E-state index contributed by atoms with van der Waals surface area (Å²) in [6, 6.07) is 0.777. The lowest BCUT2D eigenvalue weighted by atomic mass is 10.1. The molecule has 16 heavy (non-hydrogen) atoms. The third-order valence-corrected chi connectivity index (χ3v) is 3.05. The summed E-state index contributed by atoms with van der Waals surface area (Å²) in [7, 11) is 0. The van der Waals surface area contributed by atoms with Crippen LogP contribution in [0.4, 0.5) is 0 Å². The van der Waals surface area contributed by atoms with E-state index in [9.17, 15) is 4.79 Å². The summed E-state index contributed by atoms with van der Waals surface area (Å²) in [5.74, 6) is 2.84. The number of hydrogen-bond acceptors (Lipinski definition) is 2. The van der Waals surface area contributed by atoms with E-state index in [0.717, 1.165) is 13.0 Å². The third kappa shape index (κ3) is 3.86. The van der Waals surface area contributed by atoms with E-state index in [4.69, 9.17) is 6.42 Å². The van der Waals surface area contributed by atoms with E-state index < -0.39 is 0 Å². The van der Waals surface area contributed by atoms with Crippen LogP contribution in [0.2, 0.25) is 0 Å². The zero-order valence-electron chi connectivity index (χ0n) is 10.3. The molecule has 1 rings (SSSR count). The van der Waals surface area contributed by atoms with Gasteiger partial charge in [-0.3, -0.25) is 4.79 Å². The molecule has 0 radical (unpaired) electrons. The molecule has 0 aromatic carbocycles. The molecule has 1 amide bonds. The number of likely N-dealkylation sites (N-methyl/N-ethyl adjacent to an activating group) is 1. The van der Waals surface area contributed by atoms with Crippen molar-refractivity contribution in [3.63, 3.8) is 0 Å². The topological polar surface area (TPSA) is 32.3 Å². The Labute approximate surface area is 98.6 Å². The van der Waals surface area contributed by atoms with Crippen molar-refractivity contribution in [1.29, 1.82) is 0 Å². The monoisotopic (exact) mass is 222 g/mol. The maximum atomic E-state index is 11.9. The van der Waals surface area contributed by atoms with Gasteiger partial charge in [0.1, 0.15) is 0 Å². The second kappa shape index (κ2) is 6.55. The number of nitrogens with zero attached hydrogens (tertiary/aromatic N) is 1. The van der Waals surface area contributed by atoms with Crippen molar-refractivity contribution in [3.8, 4) is 12.3 Å². The second-order valence-corrected chi connectivity index (χ2v) is 4.31. The maximum absolute atomic E-state index is 11.9. The van der Waals surface area contributed by atoms with E-state index in [2.05, 4.69) is 18.2 Å². The summed E-state index contributed by atoms with van der Waals surface area (Å²) in [6.07, 6.45) is 9.26. The zero-order chi connectivity index (χ0) is 12.0. The number of amides is 1. The Bertz CT molecular complexity index is 266. The molecule has 1 fully saturated rings. The number of carbonyl (C=O) groups excluding carboxylic acids is 1. The van der Waals surface area contributed by atoms with Gasteiger partial charge >= 0.3 is 0 Å². The van der Waals surface area contributed by atoms with Crippen molar-refractivity contribution in [2.75, 3.05) is 13.1 Å². The van der Waals surface area contributed by atoms with Gasteiger partial charge in [-0.05, 0) is 26.2 Å². The number of hydrogen-bond donors (Lipinski definition) is 1. The minimum Gasteiger partial charge on any atom is -0.339 e. The number of terminal acetylenes is 1. The first-order valence-corrected chi connectivity index (χ1v) is 6.19. The minimum atomic E-state index is 0.209. The van der Waals surface area contributed by atoms with Crippen LogP contribution in [0.25, 0.3) is 0 Å². The average Bonchev–Trinajstić information content (AvgIpc) is 3.09. The van der Waals surface area contributed by atoms with Gasteiger partial charge in [-0.1, -0.05) is 6.92 Å². The fraction of sp³-hybridized carbons (Fsp3) is 0.769. The van der Waals surface area contributed by atoms with E-state index in [1.807, 2.05) is 11.8 Å². The quantitative estimate of drug-likeness (QED) is 0.660. The highest BCUT2D eigenvalue weighted by atomic mass is 16.2. The Kier molecular flexibility index (Phi) is 5.34. The van der Waals surface area contributed by atoms with Gasteiger partial charge in [0.25, 0.3) is 0 Å². The van der Waals surface area contributed by atoms with Crippen LogP contribution in [0.1, 0.15) is 39.5 Å². The van der Waals surface area contributed by atoms with Gasteiger partial charge in [0, 0.05) is 25.0 Å². The first-order chi connectivity index (χ1) is 7.72. The van der Waals surface area contributed by atoms with Crippen molar-refractivity contribution in [2.45, 2.75) is 51.6 Å². The van der Waals surface area contributed by atoms with E-state index >= 15 is 0 Å². The smallest absolute Gasteiger partial charge is 0.236 e. The SMILES string of the molecule is C#CCC(CC)NCC(=O)N(CC)C1CC1. The van der Waals surface area contributed by atoms with Crippen molar-refractivity contribution < 1.29 is 4.79 Å². The highest BCUT2D eigenvalue weighted by molar-refractivity contribution is 5.78. The van der Waals surface area contributed by atoms with Crippen molar-refractivity contribution in [2.24, 2.45) is 0 Å². The van der Waals surface area contributed by atoms with E-state index in [0.29, 0.717) is 19.0 Å². The molecule has 1 saturated carbocycles. The first kappa shape index (κ1) is 13.1. The molecule has 0 aliphatic heterocycles. The summed E-state index contributed by atoms with van der Waals surface area (Å²) in [5.41, 5.74) is 0. The third-order valence-electron chi connectivity index (χ3n) is 3.05. The highest BCUT2D eigenvalue weighted by Crippen LogP contribution is 2.26. The Morgan fingerprint density at radius 3 is 2.69 bits per heavy atom. The molecule has 1 N–H and O–H groups in total. The second-order valence-electron chi connectivity index (χ2n) is 4.31. The molecule has 1 unspecified atom stereocenters. The van der Waals surface area contributed by atoms with Gasteiger partial charge in [0.05, 0.1) is 6.54 Å². The largest absolute Gasteiger partial charge is 0.339 e. The summed E-state index contributed by atoms with van der Waals surface area (Å²) < 4.78 is 0. The molecule has 1 atom stereocenters. The Balaban J connectivity index is 2.29. The fourth-order valence-corrected chi connectivity index (χ4v) is 1.86. The normalized spacial score (nSPS) is 16.6. The molecule has 0 aromatic heterocycles. The van der Waals surface area contributed by atoms with Crippen LogP contribution in [0.15, 0.2) is 0 Å². The molecule has 1 aliphatic carbocycles. The van der Waals surface area contributed by atoms with Crippen LogP contribution < -0.4 is 5.32 Å². The minimum absolute atomic E-state index is 0.209. The summed E-state index contributed by atoms with van der Waals surface area (Å²) in [4.78, 5) is 13.9. The van der Waals surface area contributed by atoms with Gasteiger partial charge in [-0.15, -0.1) is 12.3 Å². The van der Waals surface area contributed by atoms with Crippen LogP contribution in [0, 0.1) is 12.3 Å². The predicted molar refractivity (Wildman–Crippen MR) is 65.9 cm³/mol. The lowest BCUT2D eigenvalue weighted by Crippen LogP contribution is -2.42. The fourth-order valence-electron chi connectivity index (χ4n) is 1.86. The van der Waals surface area contributed by atoms with Gasteiger partial charge in [-0.2, -0.15) is 0 Å². The van der Waals surface area contributed by atoms with Crippen LogP contribution in [0.3, 0.4) is 0 Å². The molecule has 3 nitrogen and oxygen atoms in total. The van der Waals surface area contributed by atoms with Gasteiger partial charge in [0.2, 0.25) is 5.91 Å². The highest BCUT2D eigenvalue weighted by Gasteiger charge is 2.31. The molecule has 1 aliphatic rings. The molecular weight excluding hydrogens is 200 g/mol. The standard InChI is InChI=1S/C13H22N2O/c1-4-7-11(5-2)14-10-13(16)15(6-3)12-8-9-12/h1,11-12,14H,5-10H2,2-3H3. The Hall–Kier alpha value is -1.01. The number of nitrogens with one attached hydrogen (secondary N) is 1. The zero-order valence-corrected chi connectivity index (χ0v) is 10.3. The van der Waals surface area contributed by atoms with E-state index in [1.54, 1.807) is 0 Å². The van der Waals surface area contributed by atoms with Crippen molar-refractivity contribution in [3.05, 3.63) is 0 Å². The summed E-state index contributed by atoms with van der Waals surface area (Å²) >= 11 is 0. The molecule has 0 spiro atoms. The summed E-state index contributed by atoms with van der Waals surface area (Å²) in [6.45, 7) is 5.36. The number of rotatable bonds is 7. The molecular formula is C13H22N2O. The van der Waals surface area contributed by atoms with Crippen LogP contribution in [-0.2, 0) is 4.79 Å². The molecule has 0 heterocycles. The molecule has 0 bridgehead atoms. The molecule has 3 heteroatoms. The molecule has 0 saturated heterocycles. The van der Waals surface area contributed by atoms with Gasteiger partial charge < -0.3 is 10.2 Å². The van der Waals surface area contributed by atoms with Crippen LogP contribution in [-0.4, -0.2) is 36.0 Å². The van der Waals surface area contributed by atoms with Crippen molar-refractivity contribution >= 4 is 5.91 Å². The van der Waals surface area contributed by atoms with Gasteiger partial charge in [-0.25, -0.2) is 0 Å². The Morgan fingerprint density at radius 2 is 2.25 bits per heavy atom. The van der Waals surface area contributed by atoms with Gasteiger partial charge in [0.15, 0.2) is 0 Å². The molecule has 0 aromatic rings. The lowest BCUT2D eigenvalue weighted by molar-refractivity contribution is -0.130. The van der Waals surface area contributed by atoms with E-state index in [1.165, 1.54) is 12.8 Å². The van der Waals surface area contributed by atoms with Crippen LogP contribution in [0.5, 0.6) is 0 Å². The number of carbonyl (C=O) groups is 1. The van der Waals surface area contributed by atoms with Crippen molar-refractivity contribution in [1.82, 2.24) is 10.2 Å². The van der Waals surface area contributed by atoms with Crippen LogP contribution >= 0.6 is 0 Å². The van der Waals surface area contributed by atoms with E-state index in [-0.39, 0.29) is 11.9 Å².